The van der Waals surface area contributed by atoms with Crippen molar-refractivity contribution in [2.45, 2.75) is 45.6 Å². The number of nitrogens with zero attached hydrogens (tertiary/aromatic N) is 1. The first-order valence-corrected chi connectivity index (χ1v) is 7.65. The molecule has 1 aromatic rings. The highest BCUT2D eigenvalue weighted by Crippen LogP contribution is 2.42. The normalized spacial score (nSPS) is 17.2. The van der Waals surface area contributed by atoms with Crippen LogP contribution in [-0.4, -0.2) is 16.6 Å². The summed E-state index contributed by atoms with van der Waals surface area (Å²) >= 11 is 8.84. The van der Waals surface area contributed by atoms with E-state index in [0.717, 1.165) is 16.0 Å². The van der Waals surface area contributed by atoms with Crippen LogP contribution in [0.1, 0.15) is 57.2 Å². The number of hydrogen-bond donors (Lipinski definition) is 1. The van der Waals surface area contributed by atoms with Crippen molar-refractivity contribution in [3.8, 4) is 0 Å². The fraction of sp³-hybridized carbons (Fsp3) is 0.692. The number of rotatable bonds is 5. The zero-order valence-corrected chi connectivity index (χ0v) is 13.4. The second-order valence-corrected chi connectivity index (χ2v) is 6.20. The van der Waals surface area contributed by atoms with E-state index in [9.17, 15) is 0 Å². The minimum atomic E-state index is 0.0716. The molecule has 0 aliphatic heterocycles. The van der Waals surface area contributed by atoms with Gasteiger partial charge in [0.15, 0.2) is 0 Å². The van der Waals surface area contributed by atoms with E-state index in [2.05, 4.69) is 39.7 Å². The minimum absolute atomic E-state index is 0.0716. The summed E-state index contributed by atoms with van der Waals surface area (Å²) in [5.41, 5.74) is 1.11. The number of H-pyrrole nitrogens is 1. The van der Waals surface area contributed by atoms with E-state index in [1.165, 1.54) is 12.8 Å². The Morgan fingerprint density at radius 3 is 2.67 bits per heavy atom. The number of halogens is 1. The number of hydrogen-bond acceptors (Lipinski definition) is 3. The average molecular weight is 331 g/mol. The molecule has 1 aliphatic rings. The van der Waals surface area contributed by atoms with Crippen LogP contribution in [0, 0.1) is 10.6 Å². The van der Waals surface area contributed by atoms with Crippen LogP contribution in [0.3, 0.4) is 0 Å². The first kappa shape index (κ1) is 14.2. The van der Waals surface area contributed by atoms with Crippen LogP contribution in [0.25, 0.3) is 0 Å². The maximum Gasteiger partial charge on any atom is 0.144 e. The van der Waals surface area contributed by atoms with E-state index in [-0.39, 0.29) is 6.10 Å². The van der Waals surface area contributed by atoms with Crippen LogP contribution in [-0.2, 0) is 4.74 Å². The SMILES string of the molecule is CCOC(c1nc(=S)c(Br)c(C(C)C)[nH]1)C1CC1. The fourth-order valence-corrected chi connectivity index (χ4v) is 2.90. The molecule has 1 aliphatic carbocycles. The van der Waals surface area contributed by atoms with Crippen LogP contribution in [0.4, 0.5) is 0 Å². The molecule has 1 fully saturated rings. The molecule has 3 nitrogen and oxygen atoms in total. The van der Waals surface area contributed by atoms with Gasteiger partial charge in [0.2, 0.25) is 0 Å². The Bertz CT molecular complexity index is 482. The van der Waals surface area contributed by atoms with E-state index in [0.29, 0.717) is 23.1 Å². The van der Waals surface area contributed by atoms with Crippen molar-refractivity contribution in [3.05, 3.63) is 20.6 Å². The summed E-state index contributed by atoms with van der Waals surface area (Å²) in [6, 6.07) is 0. The van der Waals surface area contributed by atoms with Gasteiger partial charge in [-0.1, -0.05) is 26.1 Å². The van der Waals surface area contributed by atoms with Gasteiger partial charge in [0.25, 0.3) is 0 Å². The second-order valence-electron chi connectivity index (χ2n) is 5.02. The molecule has 1 unspecified atom stereocenters. The van der Waals surface area contributed by atoms with Crippen LogP contribution >= 0.6 is 28.1 Å². The molecule has 0 radical (unpaired) electrons. The van der Waals surface area contributed by atoms with E-state index >= 15 is 0 Å². The lowest BCUT2D eigenvalue weighted by molar-refractivity contribution is 0.0397. The highest BCUT2D eigenvalue weighted by molar-refractivity contribution is 9.10. The van der Waals surface area contributed by atoms with Gasteiger partial charge in [-0.25, -0.2) is 4.98 Å². The molecule has 0 amide bonds. The van der Waals surface area contributed by atoms with Gasteiger partial charge in [-0.2, -0.15) is 0 Å². The first-order chi connectivity index (χ1) is 8.54. The Morgan fingerprint density at radius 2 is 2.17 bits per heavy atom. The van der Waals surface area contributed by atoms with Crippen LogP contribution in [0.2, 0.25) is 0 Å². The van der Waals surface area contributed by atoms with Gasteiger partial charge in [0, 0.05) is 12.3 Å². The van der Waals surface area contributed by atoms with Crippen molar-refractivity contribution in [2.75, 3.05) is 6.61 Å². The molecule has 0 saturated heterocycles. The van der Waals surface area contributed by atoms with E-state index in [4.69, 9.17) is 17.0 Å². The lowest BCUT2D eigenvalue weighted by atomic mass is 10.1. The van der Waals surface area contributed by atoms with Gasteiger partial charge in [0.05, 0.1) is 4.47 Å². The summed E-state index contributed by atoms with van der Waals surface area (Å²) in [6.45, 7) is 7.01. The highest BCUT2D eigenvalue weighted by Gasteiger charge is 2.34. The van der Waals surface area contributed by atoms with Gasteiger partial charge in [0.1, 0.15) is 16.6 Å². The fourth-order valence-electron chi connectivity index (χ4n) is 2.04. The van der Waals surface area contributed by atoms with E-state index < -0.39 is 0 Å². The second kappa shape index (κ2) is 5.80. The summed E-state index contributed by atoms with van der Waals surface area (Å²) in [6.07, 6.45) is 2.52. The molecular weight excluding hydrogens is 312 g/mol. The third-order valence-corrected chi connectivity index (χ3v) is 4.51. The first-order valence-electron chi connectivity index (χ1n) is 6.45. The summed E-state index contributed by atoms with van der Waals surface area (Å²) in [7, 11) is 0. The van der Waals surface area contributed by atoms with Crippen LogP contribution in [0.5, 0.6) is 0 Å². The van der Waals surface area contributed by atoms with E-state index in [1.807, 2.05) is 6.92 Å². The standard InChI is InChI=1S/C13H19BrN2OS/c1-4-17-11(8-5-6-8)12-15-10(7(2)3)9(14)13(18)16-12/h7-8,11H,4-6H2,1-3H3,(H,15,16,18). The summed E-state index contributed by atoms with van der Waals surface area (Å²) < 4.78 is 7.35. The van der Waals surface area contributed by atoms with Crippen molar-refractivity contribution in [1.82, 2.24) is 9.97 Å². The topological polar surface area (TPSA) is 37.9 Å². The molecule has 0 spiro atoms. The maximum atomic E-state index is 5.83. The predicted molar refractivity (Wildman–Crippen MR) is 78.3 cm³/mol. The van der Waals surface area contributed by atoms with Gasteiger partial charge >= 0.3 is 0 Å². The Morgan fingerprint density at radius 1 is 1.50 bits per heavy atom. The molecule has 5 heteroatoms. The lowest BCUT2D eigenvalue weighted by Gasteiger charge is -2.18. The zero-order chi connectivity index (χ0) is 13.3. The van der Waals surface area contributed by atoms with Gasteiger partial charge < -0.3 is 9.72 Å². The summed E-state index contributed by atoms with van der Waals surface area (Å²) in [5, 5.41) is 0. The van der Waals surface area contributed by atoms with Gasteiger partial charge in [-0.15, -0.1) is 0 Å². The third-order valence-electron chi connectivity index (χ3n) is 3.15. The van der Waals surface area contributed by atoms with Crippen LogP contribution in [0.15, 0.2) is 4.47 Å². The molecule has 1 atom stereocenters. The van der Waals surface area contributed by atoms with Gasteiger partial charge in [-0.05, 0) is 47.5 Å². The molecule has 1 N–H and O–H groups in total. The molecule has 2 rings (SSSR count). The largest absolute Gasteiger partial charge is 0.370 e. The van der Waals surface area contributed by atoms with Crippen molar-refractivity contribution in [3.63, 3.8) is 0 Å². The third kappa shape index (κ3) is 3.00. The van der Waals surface area contributed by atoms with Crippen LogP contribution < -0.4 is 0 Å². The average Bonchev–Trinajstić information content (AvgIpc) is 3.13. The molecular formula is C13H19BrN2OS. The molecule has 100 valence electrons. The van der Waals surface area contributed by atoms with Crippen molar-refractivity contribution in [2.24, 2.45) is 5.92 Å². The van der Waals surface area contributed by atoms with Crippen molar-refractivity contribution < 1.29 is 4.74 Å². The van der Waals surface area contributed by atoms with Crippen molar-refractivity contribution >= 4 is 28.1 Å². The van der Waals surface area contributed by atoms with Crippen molar-refractivity contribution in [1.29, 1.82) is 0 Å². The predicted octanol–water partition coefficient (Wildman–Crippen LogP) is 4.51. The zero-order valence-electron chi connectivity index (χ0n) is 11.0. The Labute approximate surface area is 121 Å². The number of ether oxygens (including phenoxy) is 1. The monoisotopic (exact) mass is 330 g/mol. The minimum Gasteiger partial charge on any atom is -0.370 e. The highest BCUT2D eigenvalue weighted by atomic mass is 79.9. The quantitative estimate of drug-likeness (QED) is 0.807. The summed E-state index contributed by atoms with van der Waals surface area (Å²) in [4.78, 5) is 7.89. The lowest BCUT2D eigenvalue weighted by Crippen LogP contribution is -2.13. The molecule has 1 aromatic heterocycles. The smallest absolute Gasteiger partial charge is 0.144 e. The van der Waals surface area contributed by atoms with Gasteiger partial charge in [-0.3, -0.25) is 0 Å². The molecule has 1 saturated carbocycles. The molecule has 18 heavy (non-hydrogen) atoms. The Balaban J connectivity index is 2.40. The molecule has 0 aromatic carbocycles. The Kier molecular flexibility index (Phi) is 4.56. The maximum absolute atomic E-state index is 5.83. The molecule has 0 bridgehead atoms. The molecule has 1 heterocycles. The number of nitrogens with one attached hydrogen (secondary N) is 1. The Hall–Kier alpha value is -0.260. The number of aromatic nitrogens is 2. The van der Waals surface area contributed by atoms with E-state index in [1.54, 1.807) is 0 Å². The number of aromatic amines is 1. The summed E-state index contributed by atoms with van der Waals surface area (Å²) in [5.74, 6) is 1.87.